The Morgan fingerprint density at radius 2 is 0.654 bits per heavy atom. The van der Waals surface area contributed by atoms with Gasteiger partial charge in [0, 0.05) is 6.42 Å². The molecule has 15 heteroatoms. The van der Waals surface area contributed by atoms with Crippen molar-refractivity contribution < 1.29 is 65.9 Å². The molecule has 0 fully saturated rings. The van der Waals surface area contributed by atoms with Gasteiger partial charge in [-0.25, -0.2) is 0 Å². The number of hydrogen-bond donors (Lipinski definition) is 0. The molecule has 0 radical (unpaired) electrons. The van der Waals surface area contributed by atoms with Crippen LogP contribution >= 0.6 is 0 Å². The quantitative estimate of drug-likeness (QED) is 0.409. The van der Waals surface area contributed by atoms with E-state index in [1.807, 2.05) is 13.8 Å². The third-order valence-corrected chi connectivity index (χ3v) is 2.84. The number of halogens is 15. The molecule has 0 bridgehead atoms. The zero-order valence-electron chi connectivity index (χ0n) is 12.9. The van der Waals surface area contributed by atoms with E-state index in [0.29, 0.717) is 0 Å². The Labute approximate surface area is 136 Å². The van der Waals surface area contributed by atoms with Gasteiger partial charge in [-0.1, -0.05) is 20.8 Å². The van der Waals surface area contributed by atoms with Gasteiger partial charge in [0.2, 0.25) is 0 Å². The molecule has 0 rings (SSSR count). The van der Waals surface area contributed by atoms with E-state index in [-0.39, 0.29) is 6.92 Å². The second-order valence-electron chi connectivity index (χ2n) is 4.43. The molecule has 26 heavy (non-hydrogen) atoms. The minimum absolute atomic E-state index is 0.0184. The summed E-state index contributed by atoms with van der Waals surface area (Å²) in [6.45, 7) is 4.02. The maximum atomic E-state index is 12.9. The van der Waals surface area contributed by atoms with Gasteiger partial charge in [0.1, 0.15) is 0 Å². The molecule has 0 spiro atoms. The van der Waals surface area contributed by atoms with Crippen LogP contribution in [-0.4, -0.2) is 41.7 Å². The van der Waals surface area contributed by atoms with Crippen molar-refractivity contribution in [3.8, 4) is 0 Å². The summed E-state index contributed by atoms with van der Waals surface area (Å²) in [7, 11) is 0. The molecule has 0 aromatic heterocycles. The predicted molar refractivity (Wildman–Crippen MR) is 57.4 cm³/mol. The van der Waals surface area contributed by atoms with Crippen LogP contribution in [-0.2, 0) is 0 Å². The highest BCUT2D eigenvalue weighted by atomic mass is 19.4. The van der Waals surface area contributed by atoms with Crippen molar-refractivity contribution in [2.75, 3.05) is 0 Å². The summed E-state index contributed by atoms with van der Waals surface area (Å²) >= 11 is 0. The Bertz CT molecular complexity index is 459. The Morgan fingerprint density at radius 1 is 0.423 bits per heavy atom. The van der Waals surface area contributed by atoms with Crippen LogP contribution in [0.25, 0.3) is 0 Å². The molecule has 0 aromatic carbocycles. The fourth-order valence-corrected chi connectivity index (χ4v) is 1.22. The fourth-order valence-electron chi connectivity index (χ4n) is 1.22. The smallest absolute Gasteiger partial charge is 0.200 e. The summed E-state index contributed by atoms with van der Waals surface area (Å²) in [5, 5.41) is 0. The van der Waals surface area contributed by atoms with E-state index >= 15 is 0 Å². The Hall–Kier alpha value is -1.05. The molecule has 0 saturated heterocycles. The first-order valence-corrected chi connectivity index (χ1v) is 6.40. The maximum absolute atomic E-state index is 12.9. The molecule has 0 atom stereocenters. The van der Waals surface area contributed by atoms with E-state index in [2.05, 4.69) is 0 Å². The van der Waals surface area contributed by atoms with Crippen molar-refractivity contribution in [3.05, 3.63) is 0 Å². The van der Waals surface area contributed by atoms with Crippen LogP contribution in [0, 0.1) is 0 Å². The molecule has 0 aliphatic carbocycles. The Balaban J connectivity index is 0. The van der Waals surface area contributed by atoms with Crippen LogP contribution in [0.15, 0.2) is 0 Å². The standard InChI is InChI=1S/C9H5F15.C2H6/c1-2-3(10,11)4(12,13)5(14,15)6(16,17)7(18,19)8(20,21)9(22,23)24;1-2/h2H2,1H3;1-2H3. The molecule has 0 aromatic rings. The monoisotopic (exact) mass is 428 g/mol. The highest BCUT2D eigenvalue weighted by Gasteiger charge is 2.93. The van der Waals surface area contributed by atoms with Gasteiger partial charge in [0.05, 0.1) is 0 Å². The maximum Gasteiger partial charge on any atom is 0.460 e. The van der Waals surface area contributed by atoms with Crippen LogP contribution in [0.1, 0.15) is 27.2 Å². The number of alkyl halides is 15. The molecule has 0 N–H and O–H groups in total. The lowest BCUT2D eigenvalue weighted by Gasteiger charge is -2.41. The normalized spacial score (nSPS) is 15.5. The van der Waals surface area contributed by atoms with E-state index < -0.39 is 48.1 Å². The average Bonchev–Trinajstić information content (AvgIpc) is 2.46. The SMILES string of the molecule is CC.CCC(F)(F)C(F)(F)C(F)(F)C(F)(F)C(F)(F)C(F)(F)C(F)(F)F. The zero-order chi connectivity index (χ0) is 22.2. The summed E-state index contributed by atoms with van der Waals surface area (Å²) in [5.41, 5.74) is 0. The first-order chi connectivity index (χ1) is 11.1. The van der Waals surface area contributed by atoms with Crippen LogP contribution in [0.4, 0.5) is 65.9 Å². The Kier molecular flexibility index (Phi) is 7.49. The predicted octanol–water partition coefficient (Wildman–Crippen LogP) is 6.80. The third-order valence-electron chi connectivity index (χ3n) is 2.84. The summed E-state index contributed by atoms with van der Waals surface area (Å²) < 4.78 is 188. The van der Waals surface area contributed by atoms with E-state index in [0.717, 1.165) is 0 Å². The van der Waals surface area contributed by atoms with Gasteiger partial charge in [0.15, 0.2) is 0 Å². The van der Waals surface area contributed by atoms with Gasteiger partial charge >= 0.3 is 41.7 Å². The van der Waals surface area contributed by atoms with Gasteiger partial charge in [-0.3, -0.25) is 0 Å². The largest absolute Gasteiger partial charge is 0.460 e. The van der Waals surface area contributed by atoms with E-state index in [9.17, 15) is 65.9 Å². The average molecular weight is 428 g/mol. The molecule has 0 unspecified atom stereocenters. The first-order valence-electron chi connectivity index (χ1n) is 6.40. The molecule has 0 saturated carbocycles. The van der Waals surface area contributed by atoms with Crippen molar-refractivity contribution in [2.24, 2.45) is 0 Å². The van der Waals surface area contributed by atoms with E-state index in [1.165, 1.54) is 0 Å². The van der Waals surface area contributed by atoms with Crippen molar-refractivity contribution in [2.45, 2.75) is 68.9 Å². The molecule has 160 valence electrons. The minimum atomic E-state index is -8.19. The van der Waals surface area contributed by atoms with Crippen molar-refractivity contribution in [1.82, 2.24) is 0 Å². The third kappa shape index (κ3) is 3.53. The van der Waals surface area contributed by atoms with Gasteiger partial charge in [-0.15, -0.1) is 0 Å². The van der Waals surface area contributed by atoms with E-state index in [4.69, 9.17) is 0 Å². The summed E-state index contributed by atoms with van der Waals surface area (Å²) in [6.07, 6.45) is -9.91. The first kappa shape index (κ1) is 27.2. The van der Waals surface area contributed by atoms with Crippen molar-refractivity contribution in [1.29, 1.82) is 0 Å². The van der Waals surface area contributed by atoms with Crippen molar-refractivity contribution >= 4 is 0 Å². The van der Waals surface area contributed by atoms with Crippen molar-refractivity contribution in [3.63, 3.8) is 0 Å². The fraction of sp³-hybridized carbons (Fsp3) is 1.00. The lowest BCUT2D eigenvalue weighted by molar-refractivity contribution is -0.452. The van der Waals surface area contributed by atoms with E-state index in [1.54, 1.807) is 0 Å². The zero-order valence-corrected chi connectivity index (χ0v) is 12.9. The number of hydrogen-bond acceptors (Lipinski definition) is 0. The number of rotatable bonds is 6. The molecule has 0 nitrogen and oxygen atoms in total. The molecule has 0 amide bonds. The minimum Gasteiger partial charge on any atom is -0.200 e. The lowest BCUT2D eigenvalue weighted by Crippen LogP contribution is -2.72. The summed E-state index contributed by atoms with van der Waals surface area (Å²) in [4.78, 5) is 0. The Morgan fingerprint density at radius 3 is 0.885 bits per heavy atom. The van der Waals surface area contributed by atoms with Gasteiger partial charge in [-0.05, 0) is 0 Å². The molecule has 0 aliphatic heterocycles. The second-order valence-corrected chi connectivity index (χ2v) is 4.43. The van der Waals surface area contributed by atoms with Crippen LogP contribution in [0.5, 0.6) is 0 Å². The van der Waals surface area contributed by atoms with Crippen LogP contribution in [0.3, 0.4) is 0 Å². The van der Waals surface area contributed by atoms with Gasteiger partial charge < -0.3 is 0 Å². The van der Waals surface area contributed by atoms with Crippen LogP contribution < -0.4 is 0 Å². The topological polar surface area (TPSA) is 0 Å². The molecular formula is C11H11F15. The molecule has 0 heterocycles. The summed E-state index contributed by atoms with van der Waals surface area (Å²) in [5.74, 6) is -45.7. The van der Waals surface area contributed by atoms with Gasteiger partial charge in [0.25, 0.3) is 0 Å². The van der Waals surface area contributed by atoms with Crippen LogP contribution in [0.2, 0.25) is 0 Å². The van der Waals surface area contributed by atoms with Gasteiger partial charge in [-0.2, -0.15) is 65.9 Å². The second kappa shape index (κ2) is 7.17. The molecule has 0 aliphatic rings. The highest BCUT2D eigenvalue weighted by Crippen LogP contribution is 2.62. The molecular weight excluding hydrogens is 417 g/mol. The lowest BCUT2D eigenvalue weighted by atomic mass is 9.90. The summed E-state index contributed by atoms with van der Waals surface area (Å²) in [6, 6.07) is 0. The highest BCUT2D eigenvalue weighted by molar-refractivity contribution is 5.12.